The molecule has 2 rings (SSSR count). The van der Waals surface area contributed by atoms with Crippen LogP contribution in [0.15, 0.2) is 47.5 Å². The van der Waals surface area contributed by atoms with Gasteiger partial charge in [0.2, 0.25) is 0 Å². The van der Waals surface area contributed by atoms with Crippen molar-refractivity contribution in [3.8, 4) is 6.07 Å². The van der Waals surface area contributed by atoms with Gasteiger partial charge in [0.15, 0.2) is 0 Å². The number of hydrogen-bond acceptors (Lipinski definition) is 3. The fourth-order valence-corrected chi connectivity index (χ4v) is 2.36. The maximum Gasteiger partial charge on any atom is 0.144 e. The van der Waals surface area contributed by atoms with Crippen molar-refractivity contribution in [2.75, 3.05) is 0 Å². The summed E-state index contributed by atoms with van der Waals surface area (Å²) in [4.78, 5) is 5.16. The number of nitriles is 1. The summed E-state index contributed by atoms with van der Waals surface area (Å²) < 4.78 is 0. The lowest BCUT2D eigenvalue weighted by atomic mass is 10.2. The van der Waals surface area contributed by atoms with E-state index in [2.05, 4.69) is 11.1 Å². The first-order valence-corrected chi connectivity index (χ1v) is 6.38. The second-order valence-corrected chi connectivity index (χ2v) is 4.85. The molecule has 0 N–H and O–H groups in total. The fraction of sp³-hybridized carbons (Fsp3) is 0.0769. The number of rotatable bonds is 3. The van der Waals surface area contributed by atoms with Gasteiger partial charge in [-0.05, 0) is 35.9 Å². The standard InChI is InChI=1S/C13H9ClN2S/c14-11-3-5-12(6-4-11)17-9-10-2-1-7-16-13(10)8-15/h1-7H,9H2. The smallest absolute Gasteiger partial charge is 0.144 e. The zero-order valence-electron chi connectivity index (χ0n) is 8.93. The number of halogens is 1. The monoisotopic (exact) mass is 260 g/mol. The van der Waals surface area contributed by atoms with Crippen LogP contribution in [-0.4, -0.2) is 4.98 Å². The SMILES string of the molecule is N#Cc1ncccc1CSc1ccc(Cl)cc1. The van der Waals surface area contributed by atoms with E-state index in [-0.39, 0.29) is 0 Å². The van der Waals surface area contributed by atoms with E-state index in [0.29, 0.717) is 5.69 Å². The van der Waals surface area contributed by atoms with Gasteiger partial charge in [-0.2, -0.15) is 5.26 Å². The number of nitrogens with zero attached hydrogens (tertiary/aromatic N) is 2. The zero-order chi connectivity index (χ0) is 12.1. The highest BCUT2D eigenvalue weighted by atomic mass is 35.5. The quantitative estimate of drug-likeness (QED) is 0.786. The lowest BCUT2D eigenvalue weighted by Crippen LogP contribution is -1.90. The predicted molar refractivity (Wildman–Crippen MR) is 70.0 cm³/mol. The van der Waals surface area contributed by atoms with E-state index in [0.717, 1.165) is 21.2 Å². The van der Waals surface area contributed by atoms with Gasteiger partial charge in [0.1, 0.15) is 11.8 Å². The van der Waals surface area contributed by atoms with Crippen LogP contribution >= 0.6 is 23.4 Å². The summed E-state index contributed by atoms with van der Waals surface area (Å²) in [5, 5.41) is 9.64. The molecule has 0 unspecified atom stereocenters. The number of benzene rings is 1. The van der Waals surface area contributed by atoms with Crippen LogP contribution < -0.4 is 0 Å². The molecule has 1 heterocycles. The lowest BCUT2D eigenvalue weighted by molar-refractivity contribution is 1.19. The zero-order valence-corrected chi connectivity index (χ0v) is 10.5. The van der Waals surface area contributed by atoms with E-state index in [9.17, 15) is 0 Å². The Morgan fingerprint density at radius 2 is 2.00 bits per heavy atom. The van der Waals surface area contributed by atoms with Crippen molar-refractivity contribution in [1.29, 1.82) is 5.26 Å². The summed E-state index contributed by atoms with van der Waals surface area (Å²) in [6.07, 6.45) is 1.63. The Morgan fingerprint density at radius 3 is 2.71 bits per heavy atom. The molecule has 0 bridgehead atoms. The average molecular weight is 261 g/mol. The van der Waals surface area contributed by atoms with Crippen molar-refractivity contribution in [1.82, 2.24) is 4.98 Å². The maximum absolute atomic E-state index is 8.91. The maximum atomic E-state index is 8.91. The Bertz CT molecular complexity index is 546. The van der Waals surface area contributed by atoms with Crippen molar-refractivity contribution >= 4 is 23.4 Å². The van der Waals surface area contributed by atoms with Crippen LogP contribution in [0.5, 0.6) is 0 Å². The van der Waals surface area contributed by atoms with Crippen molar-refractivity contribution < 1.29 is 0 Å². The minimum absolute atomic E-state index is 0.494. The van der Waals surface area contributed by atoms with Gasteiger partial charge in [0, 0.05) is 21.9 Å². The highest BCUT2D eigenvalue weighted by molar-refractivity contribution is 7.98. The molecule has 0 atom stereocenters. The molecular formula is C13H9ClN2S. The highest BCUT2D eigenvalue weighted by Gasteiger charge is 2.03. The Labute approximate surface area is 109 Å². The third-order valence-electron chi connectivity index (χ3n) is 2.21. The van der Waals surface area contributed by atoms with Gasteiger partial charge in [-0.1, -0.05) is 17.7 Å². The summed E-state index contributed by atoms with van der Waals surface area (Å²) in [6.45, 7) is 0. The van der Waals surface area contributed by atoms with Gasteiger partial charge < -0.3 is 0 Å². The van der Waals surface area contributed by atoms with Gasteiger partial charge in [-0.25, -0.2) is 4.98 Å². The summed E-state index contributed by atoms with van der Waals surface area (Å²) in [5.41, 5.74) is 1.45. The second kappa shape index (κ2) is 5.72. The molecule has 0 aliphatic rings. The van der Waals surface area contributed by atoms with Crippen molar-refractivity contribution in [3.05, 3.63) is 58.9 Å². The van der Waals surface area contributed by atoms with Crippen molar-refractivity contribution in [2.45, 2.75) is 10.6 Å². The number of pyridine rings is 1. The largest absolute Gasteiger partial charge is 0.245 e. The summed E-state index contributed by atoms with van der Waals surface area (Å²) in [6, 6.07) is 13.5. The van der Waals surface area contributed by atoms with E-state index in [1.807, 2.05) is 36.4 Å². The molecular weight excluding hydrogens is 252 g/mol. The molecule has 4 heteroatoms. The van der Waals surface area contributed by atoms with Crippen LogP contribution in [0.1, 0.15) is 11.3 Å². The number of aromatic nitrogens is 1. The van der Waals surface area contributed by atoms with E-state index >= 15 is 0 Å². The van der Waals surface area contributed by atoms with E-state index in [4.69, 9.17) is 16.9 Å². The normalized spacial score (nSPS) is 9.88. The fourth-order valence-electron chi connectivity index (χ4n) is 1.35. The Morgan fingerprint density at radius 1 is 1.24 bits per heavy atom. The molecule has 0 fully saturated rings. The van der Waals surface area contributed by atoms with Crippen LogP contribution in [0.25, 0.3) is 0 Å². The lowest BCUT2D eigenvalue weighted by Gasteiger charge is -2.03. The van der Waals surface area contributed by atoms with Gasteiger partial charge in [-0.15, -0.1) is 11.8 Å². The average Bonchev–Trinajstić information content (AvgIpc) is 2.38. The van der Waals surface area contributed by atoms with Crippen molar-refractivity contribution in [2.24, 2.45) is 0 Å². The molecule has 84 valence electrons. The summed E-state index contributed by atoms with van der Waals surface area (Å²) in [5.74, 6) is 0.734. The van der Waals surface area contributed by atoms with Gasteiger partial charge in [-0.3, -0.25) is 0 Å². The Balaban J connectivity index is 2.08. The van der Waals surface area contributed by atoms with Crippen molar-refractivity contribution in [3.63, 3.8) is 0 Å². The molecule has 17 heavy (non-hydrogen) atoms. The molecule has 0 radical (unpaired) electrons. The van der Waals surface area contributed by atoms with Crippen LogP contribution in [0.3, 0.4) is 0 Å². The minimum Gasteiger partial charge on any atom is -0.245 e. The van der Waals surface area contributed by atoms with E-state index in [1.165, 1.54) is 0 Å². The van der Waals surface area contributed by atoms with Gasteiger partial charge in [0.25, 0.3) is 0 Å². The molecule has 0 aliphatic carbocycles. The van der Waals surface area contributed by atoms with Gasteiger partial charge >= 0.3 is 0 Å². The Kier molecular flexibility index (Phi) is 4.03. The second-order valence-electron chi connectivity index (χ2n) is 3.37. The molecule has 1 aromatic carbocycles. The van der Waals surface area contributed by atoms with Crippen LogP contribution in [-0.2, 0) is 5.75 Å². The molecule has 0 saturated heterocycles. The first-order chi connectivity index (χ1) is 8.29. The first-order valence-electron chi connectivity index (χ1n) is 5.02. The molecule has 0 spiro atoms. The third-order valence-corrected chi connectivity index (χ3v) is 3.52. The third kappa shape index (κ3) is 3.23. The molecule has 2 nitrogen and oxygen atoms in total. The van der Waals surface area contributed by atoms with E-state index in [1.54, 1.807) is 18.0 Å². The molecule has 0 amide bonds. The highest BCUT2D eigenvalue weighted by Crippen LogP contribution is 2.24. The minimum atomic E-state index is 0.494. The van der Waals surface area contributed by atoms with Gasteiger partial charge in [0.05, 0.1) is 0 Å². The Hall–Kier alpha value is -1.50. The van der Waals surface area contributed by atoms with Crippen LogP contribution in [0.2, 0.25) is 5.02 Å². The number of hydrogen-bond donors (Lipinski definition) is 0. The first kappa shape index (κ1) is 12.0. The summed E-state index contributed by atoms with van der Waals surface area (Å²) in [7, 11) is 0. The van der Waals surface area contributed by atoms with Crippen LogP contribution in [0, 0.1) is 11.3 Å². The summed E-state index contributed by atoms with van der Waals surface area (Å²) >= 11 is 7.48. The molecule has 0 saturated carbocycles. The van der Waals surface area contributed by atoms with E-state index < -0.39 is 0 Å². The molecule has 2 aromatic rings. The molecule has 1 aromatic heterocycles. The predicted octanol–water partition coefficient (Wildman–Crippen LogP) is 3.90. The number of thioether (sulfide) groups is 1. The molecule has 0 aliphatic heterocycles. The van der Waals surface area contributed by atoms with Crippen LogP contribution in [0.4, 0.5) is 0 Å². The topological polar surface area (TPSA) is 36.7 Å².